The molecule has 0 aliphatic carbocycles. The second-order valence-electron chi connectivity index (χ2n) is 3.59. The largest absolute Gasteiger partial charge is 0.476 e. The number of anilines is 2. The van der Waals surface area contributed by atoms with Crippen LogP contribution in [0.25, 0.3) is 0 Å². The molecular weight excluding hydrogens is 250 g/mol. The second kappa shape index (κ2) is 5.63. The minimum Gasteiger partial charge on any atom is -0.476 e. The Bertz CT molecular complexity index is 528. The van der Waals surface area contributed by atoms with E-state index in [2.05, 4.69) is 20.3 Å². The van der Waals surface area contributed by atoms with Gasteiger partial charge in [0.25, 0.3) is 0 Å². The fraction of sp³-hybridized carbons (Fsp3) is 0.364. The Morgan fingerprint density at radius 1 is 1.44 bits per heavy atom. The van der Waals surface area contributed by atoms with Crippen LogP contribution in [-0.4, -0.2) is 21.6 Å². The number of aromatic nitrogens is 3. The van der Waals surface area contributed by atoms with Gasteiger partial charge in [0.05, 0.1) is 23.9 Å². The first-order chi connectivity index (χ1) is 8.70. The van der Waals surface area contributed by atoms with E-state index in [0.29, 0.717) is 30.5 Å². The second-order valence-corrected chi connectivity index (χ2v) is 4.65. The third-order valence-electron chi connectivity index (χ3n) is 2.23. The zero-order chi connectivity index (χ0) is 13.0. The van der Waals surface area contributed by atoms with E-state index in [0.717, 1.165) is 10.7 Å². The molecule has 0 atom stereocenters. The first kappa shape index (κ1) is 12.6. The van der Waals surface area contributed by atoms with Crippen LogP contribution in [-0.2, 0) is 6.54 Å². The number of hydrogen-bond donors (Lipinski definition) is 2. The lowest BCUT2D eigenvalue weighted by atomic mass is 10.4. The van der Waals surface area contributed by atoms with Crippen molar-refractivity contribution in [3.8, 4) is 5.88 Å². The number of thiazole rings is 1. The summed E-state index contributed by atoms with van der Waals surface area (Å²) in [6, 6.07) is 0. The van der Waals surface area contributed by atoms with Crippen LogP contribution in [0.4, 0.5) is 11.5 Å². The number of ether oxygens (including phenoxy) is 1. The van der Waals surface area contributed by atoms with Gasteiger partial charge < -0.3 is 15.8 Å². The molecule has 0 unspecified atom stereocenters. The zero-order valence-electron chi connectivity index (χ0n) is 10.3. The summed E-state index contributed by atoms with van der Waals surface area (Å²) in [5.41, 5.74) is 7.30. The van der Waals surface area contributed by atoms with Crippen molar-refractivity contribution in [1.82, 2.24) is 15.0 Å². The molecule has 0 fully saturated rings. The van der Waals surface area contributed by atoms with Crippen LogP contribution in [0, 0.1) is 6.92 Å². The van der Waals surface area contributed by atoms with Gasteiger partial charge in [-0.25, -0.2) is 9.97 Å². The van der Waals surface area contributed by atoms with Crippen molar-refractivity contribution in [3.63, 3.8) is 0 Å². The molecule has 0 bridgehead atoms. The van der Waals surface area contributed by atoms with Gasteiger partial charge in [-0.1, -0.05) is 0 Å². The van der Waals surface area contributed by atoms with Crippen LogP contribution in [0.15, 0.2) is 11.7 Å². The predicted octanol–water partition coefficient (Wildman–Crippen LogP) is 1.83. The van der Waals surface area contributed by atoms with Gasteiger partial charge in [-0.2, -0.15) is 4.98 Å². The lowest BCUT2D eigenvalue weighted by Gasteiger charge is -2.10. The summed E-state index contributed by atoms with van der Waals surface area (Å²) in [5.74, 6) is 0.976. The Balaban J connectivity index is 2.07. The van der Waals surface area contributed by atoms with E-state index in [4.69, 9.17) is 10.5 Å². The SMILES string of the molecule is CCOc1ncnc(NCc2csc(C)n2)c1N. The molecule has 18 heavy (non-hydrogen) atoms. The Morgan fingerprint density at radius 3 is 2.94 bits per heavy atom. The van der Waals surface area contributed by atoms with Crippen molar-refractivity contribution in [2.45, 2.75) is 20.4 Å². The van der Waals surface area contributed by atoms with E-state index >= 15 is 0 Å². The van der Waals surface area contributed by atoms with Crippen LogP contribution < -0.4 is 15.8 Å². The van der Waals surface area contributed by atoms with Crippen molar-refractivity contribution >= 4 is 22.8 Å². The number of nitrogens with two attached hydrogens (primary N) is 1. The standard InChI is InChI=1S/C11H15N5OS/c1-3-17-11-9(12)10(14-6-15-11)13-4-8-5-18-7(2)16-8/h5-6H,3-4,12H2,1-2H3,(H,13,14,15). The Labute approximate surface area is 109 Å². The van der Waals surface area contributed by atoms with Crippen molar-refractivity contribution in [2.24, 2.45) is 0 Å². The average Bonchev–Trinajstić information content (AvgIpc) is 2.77. The van der Waals surface area contributed by atoms with E-state index in [1.807, 2.05) is 19.2 Å². The number of nitrogens with one attached hydrogen (secondary N) is 1. The quantitative estimate of drug-likeness (QED) is 0.857. The number of hydrogen-bond acceptors (Lipinski definition) is 7. The van der Waals surface area contributed by atoms with Gasteiger partial charge in [0, 0.05) is 5.38 Å². The van der Waals surface area contributed by atoms with Gasteiger partial charge in [0.1, 0.15) is 12.0 Å². The van der Waals surface area contributed by atoms with Crippen molar-refractivity contribution in [1.29, 1.82) is 0 Å². The fourth-order valence-electron chi connectivity index (χ4n) is 1.44. The Hall–Kier alpha value is -1.89. The summed E-state index contributed by atoms with van der Waals surface area (Å²) >= 11 is 1.62. The van der Waals surface area contributed by atoms with Crippen LogP contribution >= 0.6 is 11.3 Å². The van der Waals surface area contributed by atoms with Crippen LogP contribution in [0.1, 0.15) is 17.6 Å². The molecule has 96 valence electrons. The summed E-state index contributed by atoms with van der Waals surface area (Å²) in [4.78, 5) is 12.4. The molecular formula is C11H15N5OS. The van der Waals surface area contributed by atoms with Gasteiger partial charge in [-0.15, -0.1) is 11.3 Å². The molecule has 0 aromatic carbocycles. The highest BCUT2D eigenvalue weighted by molar-refractivity contribution is 7.09. The van der Waals surface area contributed by atoms with Crippen molar-refractivity contribution in [3.05, 3.63) is 22.4 Å². The van der Waals surface area contributed by atoms with Crippen LogP contribution in [0.5, 0.6) is 5.88 Å². The van der Waals surface area contributed by atoms with Gasteiger partial charge in [-0.3, -0.25) is 0 Å². The first-order valence-electron chi connectivity index (χ1n) is 5.59. The molecule has 3 N–H and O–H groups in total. The molecule has 2 rings (SSSR count). The molecule has 0 saturated carbocycles. The Kier molecular flexibility index (Phi) is 3.93. The van der Waals surface area contributed by atoms with Gasteiger partial charge in [0.15, 0.2) is 5.82 Å². The predicted molar refractivity (Wildman–Crippen MR) is 71.8 cm³/mol. The molecule has 7 heteroatoms. The van der Waals surface area contributed by atoms with Gasteiger partial charge in [-0.05, 0) is 13.8 Å². The summed E-state index contributed by atoms with van der Waals surface area (Å²) in [5, 5.41) is 6.17. The lowest BCUT2D eigenvalue weighted by Crippen LogP contribution is -2.08. The lowest BCUT2D eigenvalue weighted by molar-refractivity contribution is 0.328. The van der Waals surface area contributed by atoms with Gasteiger partial charge >= 0.3 is 0 Å². The zero-order valence-corrected chi connectivity index (χ0v) is 11.1. The van der Waals surface area contributed by atoms with Crippen molar-refractivity contribution in [2.75, 3.05) is 17.7 Å². The maximum atomic E-state index is 5.91. The number of nitrogens with zero attached hydrogens (tertiary/aromatic N) is 3. The number of aryl methyl sites for hydroxylation is 1. The summed E-state index contributed by atoms with van der Waals surface area (Å²) in [6.45, 7) is 4.95. The molecule has 0 saturated heterocycles. The van der Waals surface area contributed by atoms with E-state index in [1.165, 1.54) is 6.33 Å². The third kappa shape index (κ3) is 2.86. The van der Waals surface area contributed by atoms with Crippen LogP contribution in [0.3, 0.4) is 0 Å². The smallest absolute Gasteiger partial charge is 0.242 e. The van der Waals surface area contributed by atoms with Crippen molar-refractivity contribution < 1.29 is 4.74 Å². The van der Waals surface area contributed by atoms with Crippen LogP contribution in [0.2, 0.25) is 0 Å². The van der Waals surface area contributed by atoms with Gasteiger partial charge in [0.2, 0.25) is 5.88 Å². The van der Waals surface area contributed by atoms with E-state index < -0.39 is 0 Å². The first-order valence-corrected chi connectivity index (χ1v) is 6.46. The highest BCUT2D eigenvalue weighted by atomic mass is 32.1. The molecule has 2 heterocycles. The molecule has 0 aliphatic heterocycles. The molecule has 2 aromatic heterocycles. The number of nitrogen functional groups attached to an aromatic ring is 1. The topological polar surface area (TPSA) is 86.0 Å². The minimum absolute atomic E-state index is 0.407. The molecule has 0 spiro atoms. The fourth-order valence-corrected chi connectivity index (χ4v) is 2.05. The maximum absolute atomic E-state index is 5.91. The molecule has 0 radical (unpaired) electrons. The maximum Gasteiger partial charge on any atom is 0.242 e. The molecule has 0 amide bonds. The minimum atomic E-state index is 0.407. The highest BCUT2D eigenvalue weighted by Crippen LogP contribution is 2.24. The summed E-state index contributed by atoms with van der Waals surface area (Å²) < 4.78 is 5.30. The normalized spacial score (nSPS) is 10.3. The number of rotatable bonds is 5. The van der Waals surface area contributed by atoms with E-state index in [9.17, 15) is 0 Å². The van der Waals surface area contributed by atoms with E-state index in [1.54, 1.807) is 11.3 Å². The third-order valence-corrected chi connectivity index (χ3v) is 3.05. The van der Waals surface area contributed by atoms with E-state index in [-0.39, 0.29) is 0 Å². The summed E-state index contributed by atoms with van der Waals surface area (Å²) in [6.07, 6.45) is 1.43. The highest BCUT2D eigenvalue weighted by Gasteiger charge is 2.08. The molecule has 0 aliphatic rings. The molecule has 6 nitrogen and oxygen atoms in total. The summed E-state index contributed by atoms with van der Waals surface area (Å²) in [7, 11) is 0. The average molecular weight is 265 g/mol. The Morgan fingerprint density at radius 2 is 2.28 bits per heavy atom. The monoisotopic (exact) mass is 265 g/mol. The molecule has 2 aromatic rings.